The van der Waals surface area contributed by atoms with Gasteiger partial charge in [0.15, 0.2) is 0 Å². The Kier molecular flexibility index (Phi) is 3.85. The highest BCUT2D eigenvalue weighted by atomic mass is 32.1. The predicted molar refractivity (Wildman–Crippen MR) is 94.6 cm³/mol. The maximum Gasteiger partial charge on any atom is 0.0953 e. The molecule has 0 spiro atoms. The normalized spacial score (nSPS) is 23.3. The number of hydrogen-bond donors (Lipinski definition) is 1. The fraction of sp³-hybridized carbons (Fsp3) is 0.632. The number of rotatable bonds is 3. The Morgan fingerprint density at radius 1 is 1.30 bits per heavy atom. The molecule has 0 saturated heterocycles. The van der Waals surface area contributed by atoms with Gasteiger partial charge < -0.3 is 9.67 Å². The number of hydrogen-bond acceptors (Lipinski definition) is 3. The van der Waals surface area contributed by atoms with Gasteiger partial charge in [-0.05, 0) is 30.2 Å². The highest BCUT2D eigenvalue weighted by Crippen LogP contribution is 2.48. The highest BCUT2D eigenvalue weighted by Gasteiger charge is 2.44. The van der Waals surface area contributed by atoms with Crippen LogP contribution in [0.15, 0.2) is 24.0 Å². The van der Waals surface area contributed by atoms with Crippen LogP contribution in [0.2, 0.25) is 0 Å². The van der Waals surface area contributed by atoms with Gasteiger partial charge in [-0.3, -0.25) is 0 Å². The summed E-state index contributed by atoms with van der Waals surface area (Å²) in [6, 6.07) is 2.48. The number of fused-ring (bicyclic) bond motifs is 3. The van der Waals surface area contributed by atoms with Gasteiger partial charge in [-0.1, -0.05) is 33.1 Å². The van der Waals surface area contributed by atoms with E-state index in [0.29, 0.717) is 5.92 Å². The molecule has 2 atom stereocenters. The van der Waals surface area contributed by atoms with Crippen molar-refractivity contribution in [2.45, 2.75) is 64.5 Å². The first kappa shape index (κ1) is 15.4. The largest absolute Gasteiger partial charge is 0.392 e. The molecule has 0 aromatic carbocycles. The third-order valence-corrected chi connectivity index (χ3v) is 7.06. The molecule has 1 N–H and O–H groups in total. The molecule has 3 heterocycles. The van der Waals surface area contributed by atoms with E-state index in [1.165, 1.54) is 48.2 Å². The molecule has 23 heavy (non-hydrogen) atoms. The van der Waals surface area contributed by atoms with E-state index in [0.717, 1.165) is 6.42 Å². The van der Waals surface area contributed by atoms with E-state index in [4.69, 9.17) is 0 Å². The van der Waals surface area contributed by atoms with Gasteiger partial charge >= 0.3 is 0 Å². The fourth-order valence-corrected chi connectivity index (χ4v) is 5.56. The summed E-state index contributed by atoms with van der Waals surface area (Å²) in [5.41, 5.74) is 2.38. The van der Waals surface area contributed by atoms with Gasteiger partial charge in [0.25, 0.3) is 0 Å². The lowest BCUT2D eigenvalue weighted by molar-refractivity contribution is -0.0402. The second kappa shape index (κ2) is 5.75. The molecule has 2 unspecified atom stereocenters. The average molecular weight is 330 g/mol. The Morgan fingerprint density at radius 2 is 2.09 bits per heavy atom. The van der Waals surface area contributed by atoms with Crippen LogP contribution in [0.1, 0.15) is 56.9 Å². The smallest absolute Gasteiger partial charge is 0.0953 e. The van der Waals surface area contributed by atoms with Crippen molar-refractivity contribution in [3.63, 3.8) is 0 Å². The first-order valence-corrected chi connectivity index (χ1v) is 9.73. The monoisotopic (exact) mass is 330 g/mol. The third-order valence-electron chi connectivity index (χ3n) is 6.12. The van der Waals surface area contributed by atoms with Crippen LogP contribution in [0.5, 0.6) is 0 Å². The van der Waals surface area contributed by atoms with Crippen LogP contribution in [0.4, 0.5) is 0 Å². The van der Waals surface area contributed by atoms with Gasteiger partial charge in [0, 0.05) is 28.3 Å². The van der Waals surface area contributed by atoms with Gasteiger partial charge in [-0.25, -0.2) is 4.98 Å². The highest BCUT2D eigenvalue weighted by molar-refractivity contribution is 7.10. The van der Waals surface area contributed by atoms with Crippen molar-refractivity contribution in [1.29, 1.82) is 0 Å². The van der Waals surface area contributed by atoms with E-state index in [1.54, 1.807) is 0 Å². The molecule has 0 radical (unpaired) electrons. The summed E-state index contributed by atoms with van der Waals surface area (Å²) < 4.78 is 2.31. The molecule has 1 aliphatic heterocycles. The first-order valence-electron chi connectivity index (χ1n) is 8.85. The molecule has 3 nitrogen and oxygen atoms in total. The lowest BCUT2D eigenvalue weighted by Gasteiger charge is -2.45. The summed E-state index contributed by atoms with van der Waals surface area (Å²) in [5.74, 6) is 0.454. The second-order valence-corrected chi connectivity index (χ2v) is 8.83. The maximum atomic E-state index is 11.2. The Labute approximate surface area is 142 Å². The molecule has 4 rings (SSSR count). The van der Waals surface area contributed by atoms with E-state index in [2.05, 4.69) is 34.8 Å². The summed E-state index contributed by atoms with van der Waals surface area (Å²) in [7, 11) is 0. The molecule has 1 saturated carbocycles. The Bertz CT molecular complexity index is 681. The molecule has 1 aliphatic carbocycles. The molecule has 124 valence electrons. The molecule has 2 aromatic heterocycles. The molecular weight excluding hydrogens is 304 g/mol. The summed E-state index contributed by atoms with van der Waals surface area (Å²) in [6.45, 7) is 4.50. The number of aromatic nitrogens is 2. The predicted octanol–water partition coefficient (Wildman–Crippen LogP) is 4.68. The lowest BCUT2D eigenvalue weighted by Crippen LogP contribution is -2.44. The van der Waals surface area contributed by atoms with Gasteiger partial charge in [0.05, 0.1) is 24.3 Å². The van der Waals surface area contributed by atoms with Crippen LogP contribution in [0, 0.1) is 11.3 Å². The van der Waals surface area contributed by atoms with Gasteiger partial charge in [0.2, 0.25) is 0 Å². The number of aliphatic hydroxyl groups excluding tert-OH is 1. The van der Waals surface area contributed by atoms with Crippen LogP contribution in [-0.2, 0) is 6.42 Å². The number of thiophene rings is 1. The number of nitrogens with zero attached hydrogens (tertiary/aromatic N) is 2. The van der Waals surface area contributed by atoms with Crippen molar-refractivity contribution < 1.29 is 5.11 Å². The molecule has 4 heteroatoms. The van der Waals surface area contributed by atoms with E-state index >= 15 is 0 Å². The SMILES string of the molecule is CC(C)(C(O)C1CCCCC1)C1Cc2sccc2-c2cncn21. The minimum absolute atomic E-state index is 0.154. The van der Waals surface area contributed by atoms with Gasteiger partial charge in [-0.15, -0.1) is 11.3 Å². The van der Waals surface area contributed by atoms with Crippen molar-refractivity contribution in [2.24, 2.45) is 11.3 Å². The Balaban J connectivity index is 1.67. The summed E-state index contributed by atoms with van der Waals surface area (Å²) >= 11 is 1.84. The second-order valence-electron chi connectivity index (χ2n) is 7.83. The van der Waals surface area contributed by atoms with Crippen LogP contribution in [0.3, 0.4) is 0 Å². The van der Waals surface area contributed by atoms with Crippen LogP contribution in [-0.4, -0.2) is 20.8 Å². The lowest BCUT2D eigenvalue weighted by atomic mass is 9.68. The van der Waals surface area contributed by atoms with Crippen molar-refractivity contribution >= 4 is 11.3 Å². The Morgan fingerprint density at radius 3 is 2.87 bits per heavy atom. The third kappa shape index (κ3) is 2.47. The zero-order valence-electron chi connectivity index (χ0n) is 14.0. The molecule has 2 aromatic rings. The minimum atomic E-state index is -0.246. The molecule has 1 fully saturated rings. The van der Waals surface area contributed by atoms with E-state index in [-0.39, 0.29) is 17.6 Å². The number of aliphatic hydroxyl groups is 1. The van der Waals surface area contributed by atoms with Gasteiger partial charge in [0.1, 0.15) is 0 Å². The van der Waals surface area contributed by atoms with Crippen molar-refractivity contribution in [3.05, 3.63) is 28.8 Å². The van der Waals surface area contributed by atoms with Crippen molar-refractivity contribution in [3.8, 4) is 11.3 Å². The fourth-order valence-electron chi connectivity index (χ4n) is 4.64. The number of imidazole rings is 1. The Hall–Kier alpha value is -1.13. The van der Waals surface area contributed by atoms with E-state index in [9.17, 15) is 5.11 Å². The van der Waals surface area contributed by atoms with Gasteiger partial charge in [-0.2, -0.15) is 0 Å². The van der Waals surface area contributed by atoms with Crippen LogP contribution >= 0.6 is 11.3 Å². The van der Waals surface area contributed by atoms with Crippen molar-refractivity contribution in [1.82, 2.24) is 9.55 Å². The van der Waals surface area contributed by atoms with Crippen LogP contribution in [0.25, 0.3) is 11.3 Å². The zero-order valence-corrected chi connectivity index (χ0v) is 14.9. The van der Waals surface area contributed by atoms with E-state index in [1.807, 2.05) is 23.9 Å². The molecule has 0 bridgehead atoms. The summed E-state index contributed by atoms with van der Waals surface area (Å²) in [4.78, 5) is 5.84. The van der Waals surface area contributed by atoms with E-state index < -0.39 is 0 Å². The molecule has 0 amide bonds. The van der Waals surface area contributed by atoms with Crippen LogP contribution < -0.4 is 0 Å². The first-order chi connectivity index (χ1) is 11.1. The molecule has 2 aliphatic rings. The standard InChI is InChI=1S/C19H26N2OS/c1-19(2,18(22)13-6-4-3-5-7-13)17-10-16-14(8-9-23-16)15-11-20-12-21(15)17/h8-9,11-13,17-18,22H,3-7,10H2,1-2H3. The summed E-state index contributed by atoms with van der Waals surface area (Å²) in [5, 5.41) is 13.4. The summed E-state index contributed by atoms with van der Waals surface area (Å²) in [6.07, 6.45) is 10.9. The topological polar surface area (TPSA) is 38.1 Å². The maximum absolute atomic E-state index is 11.2. The quantitative estimate of drug-likeness (QED) is 0.887. The minimum Gasteiger partial charge on any atom is -0.392 e. The molecular formula is C19H26N2OS. The van der Waals surface area contributed by atoms with Crippen molar-refractivity contribution in [2.75, 3.05) is 0 Å². The average Bonchev–Trinajstić information content (AvgIpc) is 3.22. The zero-order chi connectivity index (χ0) is 16.0.